The van der Waals surface area contributed by atoms with Crippen LogP contribution >= 0.6 is 46.9 Å². The fourth-order valence-electron chi connectivity index (χ4n) is 2.25. The first kappa shape index (κ1) is 19.7. The number of rotatable bonds is 8. The summed E-state index contributed by atoms with van der Waals surface area (Å²) in [4.78, 5) is 3.59. The molecule has 0 saturated carbocycles. The highest BCUT2D eigenvalue weighted by Crippen LogP contribution is 2.33. The molecule has 0 spiro atoms. The Bertz CT molecular complexity index is 742. The van der Waals surface area contributed by atoms with Crippen molar-refractivity contribution in [3.05, 3.63) is 89.7 Å². The molecule has 1 unspecified atom stereocenters. The summed E-state index contributed by atoms with van der Waals surface area (Å²) >= 11 is 11.5. The summed E-state index contributed by atoms with van der Waals surface area (Å²) in [5.74, 6) is 1.77. The van der Waals surface area contributed by atoms with Gasteiger partial charge in [-0.2, -0.15) is 0 Å². The predicted octanol–water partition coefficient (Wildman–Crippen LogP) is 7.52. The zero-order chi connectivity index (χ0) is 18.2. The van der Waals surface area contributed by atoms with Crippen LogP contribution in [0.4, 0.5) is 4.39 Å². The Morgan fingerprint density at radius 2 is 1.23 bits per heavy atom. The van der Waals surface area contributed by atoms with Crippen molar-refractivity contribution >= 4 is 46.9 Å². The molecule has 0 aliphatic carbocycles. The summed E-state index contributed by atoms with van der Waals surface area (Å²) in [5, 5.41) is 1.20. The SMILES string of the molecule is Fc1ccc(SCC(CSc2ccc(Cl)cc2)Sc2ccccc2)cc1. The van der Waals surface area contributed by atoms with Gasteiger partial charge in [0, 0.05) is 36.5 Å². The molecule has 0 bridgehead atoms. The van der Waals surface area contributed by atoms with Gasteiger partial charge in [-0.25, -0.2) is 4.39 Å². The highest BCUT2D eigenvalue weighted by atomic mass is 35.5. The van der Waals surface area contributed by atoms with E-state index in [2.05, 4.69) is 36.4 Å². The topological polar surface area (TPSA) is 0 Å². The summed E-state index contributed by atoms with van der Waals surface area (Å²) in [7, 11) is 0. The van der Waals surface area contributed by atoms with Crippen LogP contribution in [0.15, 0.2) is 93.5 Å². The lowest BCUT2D eigenvalue weighted by molar-refractivity contribution is 0.626. The summed E-state index contributed by atoms with van der Waals surface area (Å²) in [6.45, 7) is 0. The maximum Gasteiger partial charge on any atom is 0.123 e. The van der Waals surface area contributed by atoms with E-state index in [1.54, 1.807) is 11.8 Å². The lowest BCUT2D eigenvalue weighted by Gasteiger charge is -2.16. The molecule has 26 heavy (non-hydrogen) atoms. The van der Waals surface area contributed by atoms with E-state index in [4.69, 9.17) is 11.6 Å². The van der Waals surface area contributed by atoms with Crippen LogP contribution < -0.4 is 0 Å². The maximum atomic E-state index is 13.1. The first-order chi connectivity index (χ1) is 12.7. The Morgan fingerprint density at radius 1 is 0.692 bits per heavy atom. The van der Waals surface area contributed by atoms with Crippen LogP contribution in [-0.2, 0) is 0 Å². The summed E-state index contributed by atoms with van der Waals surface area (Å²) in [6, 6.07) is 25.2. The van der Waals surface area contributed by atoms with Crippen molar-refractivity contribution in [2.24, 2.45) is 0 Å². The van der Waals surface area contributed by atoms with Crippen LogP contribution in [0.2, 0.25) is 5.02 Å². The van der Waals surface area contributed by atoms with Gasteiger partial charge in [0.05, 0.1) is 0 Å². The zero-order valence-corrected chi connectivity index (χ0v) is 17.2. The molecule has 0 aromatic heterocycles. The third kappa shape index (κ3) is 6.58. The van der Waals surface area contributed by atoms with E-state index in [-0.39, 0.29) is 5.82 Å². The third-order valence-corrected chi connectivity index (χ3v) is 7.78. The van der Waals surface area contributed by atoms with Gasteiger partial charge in [-0.15, -0.1) is 35.3 Å². The average molecular weight is 421 g/mol. The molecule has 0 aliphatic rings. The Morgan fingerprint density at radius 3 is 1.81 bits per heavy atom. The highest BCUT2D eigenvalue weighted by molar-refractivity contribution is 8.05. The molecule has 0 saturated heterocycles. The molecule has 0 aliphatic heterocycles. The summed E-state index contributed by atoms with van der Waals surface area (Å²) in [6.07, 6.45) is 0. The zero-order valence-electron chi connectivity index (χ0n) is 14.0. The Kier molecular flexibility index (Phi) is 7.81. The fraction of sp³-hybridized carbons (Fsp3) is 0.143. The molecule has 134 valence electrons. The van der Waals surface area contributed by atoms with Gasteiger partial charge >= 0.3 is 0 Å². The van der Waals surface area contributed by atoms with Crippen molar-refractivity contribution < 1.29 is 4.39 Å². The van der Waals surface area contributed by atoms with Crippen LogP contribution in [0.25, 0.3) is 0 Å². The molecule has 0 fully saturated rings. The molecule has 3 aromatic carbocycles. The minimum Gasteiger partial charge on any atom is -0.207 e. The Labute approximate surface area is 171 Å². The second kappa shape index (κ2) is 10.3. The molecule has 3 aromatic rings. The molecule has 0 radical (unpaired) electrons. The van der Waals surface area contributed by atoms with Gasteiger partial charge in [-0.3, -0.25) is 0 Å². The normalized spacial score (nSPS) is 12.1. The number of hydrogen-bond acceptors (Lipinski definition) is 3. The number of thioether (sulfide) groups is 3. The van der Waals surface area contributed by atoms with Crippen LogP contribution in [-0.4, -0.2) is 16.8 Å². The minimum atomic E-state index is -0.192. The molecule has 5 heteroatoms. The van der Waals surface area contributed by atoms with Crippen molar-refractivity contribution in [2.75, 3.05) is 11.5 Å². The van der Waals surface area contributed by atoms with E-state index < -0.39 is 0 Å². The van der Waals surface area contributed by atoms with E-state index in [1.165, 1.54) is 21.9 Å². The molecule has 0 nitrogen and oxygen atoms in total. The lowest BCUT2D eigenvalue weighted by atomic mass is 10.4. The van der Waals surface area contributed by atoms with Gasteiger partial charge in [0.25, 0.3) is 0 Å². The van der Waals surface area contributed by atoms with E-state index in [9.17, 15) is 4.39 Å². The van der Waals surface area contributed by atoms with Crippen LogP contribution in [0, 0.1) is 5.82 Å². The Balaban J connectivity index is 1.62. The second-order valence-corrected chi connectivity index (χ2v) is 9.58. The van der Waals surface area contributed by atoms with Crippen molar-refractivity contribution in [1.82, 2.24) is 0 Å². The molecule has 0 heterocycles. The van der Waals surface area contributed by atoms with Crippen molar-refractivity contribution in [3.8, 4) is 0 Å². The standard InChI is InChI=1S/C21H18ClFS3/c22-16-6-10-18(11-7-16)24-14-21(26-20-4-2-1-3-5-20)15-25-19-12-8-17(23)9-13-19/h1-13,21H,14-15H2. The highest BCUT2D eigenvalue weighted by Gasteiger charge is 2.12. The summed E-state index contributed by atoms with van der Waals surface area (Å²) in [5.41, 5.74) is 0. The molecular formula is C21H18ClFS3. The first-order valence-corrected chi connectivity index (χ1v) is 11.4. The lowest BCUT2D eigenvalue weighted by Crippen LogP contribution is -2.09. The minimum absolute atomic E-state index is 0.192. The van der Waals surface area contributed by atoms with Gasteiger partial charge < -0.3 is 0 Å². The number of hydrogen-bond donors (Lipinski definition) is 0. The van der Waals surface area contributed by atoms with Gasteiger partial charge in [-0.1, -0.05) is 29.8 Å². The fourth-order valence-corrected chi connectivity index (χ4v) is 5.82. The Hall–Kier alpha value is -1.07. The molecule has 1 atom stereocenters. The summed E-state index contributed by atoms with van der Waals surface area (Å²) < 4.78 is 13.1. The molecular weight excluding hydrogens is 403 g/mol. The predicted molar refractivity (Wildman–Crippen MR) is 115 cm³/mol. The van der Waals surface area contributed by atoms with Gasteiger partial charge in [0.1, 0.15) is 5.82 Å². The van der Waals surface area contributed by atoms with E-state index >= 15 is 0 Å². The third-order valence-electron chi connectivity index (χ3n) is 3.55. The van der Waals surface area contributed by atoms with Crippen molar-refractivity contribution in [1.29, 1.82) is 0 Å². The van der Waals surface area contributed by atoms with Crippen molar-refractivity contribution in [2.45, 2.75) is 19.9 Å². The van der Waals surface area contributed by atoms with Gasteiger partial charge in [-0.05, 0) is 60.7 Å². The van der Waals surface area contributed by atoms with Crippen LogP contribution in [0.3, 0.4) is 0 Å². The monoisotopic (exact) mass is 420 g/mol. The molecule has 0 N–H and O–H groups in total. The van der Waals surface area contributed by atoms with Crippen molar-refractivity contribution in [3.63, 3.8) is 0 Å². The van der Waals surface area contributed by atoms with E-state index in [0.29, 0.717) is 5.25 Å². The number of benzene rings is 3. The molecule has 0 amide bonds. The smallest absolute Gasteiger partial charge is 0.123 e. The quantitative estimate of drug-likeness (QED) is 0.346. The maximum absolute atomic E-state index is 13.1. The van der Waals surface area contributed by atoms with Crippen LogP contribution in [0.1, 0.15) is 0 Å². The first-order valence-electron chi connectivity index (χ1n) is 8.17. The van der Waals surface area contributed by atoms with E-state index in [1.807, 2.05) is 53.9 Å². The average Bonchev–Trinajstić information content (AvgIpc) is 2.67. The number of halogens is 2. The van der Waals surface area contributed by atoms with Gasteiger partial charge in [0.2, 0.25) is 0 Å². The van der Waals surface area contributed by atoms with Crippen LogP contribution in [0.5, 0.6) is 0 Å². The van der Waals surface area contributed by atoms with Gasteiger partial charge in [0.15, 0.2) is 0 Å². The van der Waals surface area contributed by atoms with E-state index in [0.717, 1.165) is 21.4 Å². The second-order valence-electron chi connectivity index (χ2n) is 5.58. The molecule has 3 rings (SSSR count). The largest absolute Gasteiger partial charge is 0.207 e.